The first-order valence-corrected chi connectivity index (χ1v) is 10.7. The first kappa shape index (κ1) is 23.1. The lowest BCUT2D eigenvalue weighted by Crippen LogP contribution is -2.13. The van der Waals surface area contributed by atoms with Crippen molar-refractivity contribution < 1.29 is 18.9 Å². The molecule has 0 unspecified atom stereocenters. The minimum absolute atomic E-state index is 0.511. The van der Waals surface area contributed by atoms with Gasteiger partial charge in [0, 0.05) is 16.5 Å². The van der Waals surface area contributed by atoms with E-state index in [2.05, 4.69) is 11.6 Å². The molecule has 7 nitrogen and oxygen atoms in total. The van der Waals surface area contributed by atoms with Crippen molar-refractivity contribution in [3.05, 3.63) is 64.3 Å². The van der Waals surface area contributed by atoms with Gasteiger partial charge in [-0.25, -0.2) is 4.68 Å². The van der Waals surface area contributed by atoms with E-state index in [0.717, 1.165) is 32.9 Å². The SMILES string of the molecule is C=C(C)CN=c1scc(-c2ccc(OC)cc2)n1N=Cc1ccc(OC)c(OC)c1OC. The highest BCUT2D eigenvalue weighted by molar-refractivity contribution is 7.07. The Morgan fingerprint density at radius 3 is 2.28 bits per heavy atom. The predicted octanol–water partition coefficient (Wildman–Crippen LogP) is 4.61. The molecule has 0 saturated carbocycles. The van der Waals surface area contributed by atoms with Gasteiger partial charge in [-0.15, -0.1) is 11.3 Å². The number of hydrogen-bond acceptors (Lipinski definition) is 7. The van der Waals surface area contributed by atoms with Crippen molar-refractivity contribution in [1.29, 1.82) is 0 Å². The van der Waals surface area contributed by atoms with Crippen LogP contribution in [-0.2, 0) is 0 Å². The molecule has 32 heavy (non-hydrogen) atoms. The van der Waals surface area contributed by atoms with Crippen LogP contribution < -0.4 is 23.7 Å². The van der Waals surface area contributed by atoms with Gasteiger partial charge in [0.2, 0.25) is 10.6 Å². The Morgan fingerprint density at radius 1 is 0.969 bits per heavy atom. The molecule has 8 heteroatoms. The predicted molar refractivity (Wildman–Crippen MR) is 129 cm³/mol. The smallest absolute Gasteiger partial charge is 0.206 e. The quantitative estimate of drug-likeness (QED) is 0.351. The zero-order chi connectivity index (χ0) is 23.1. The fourth-order valence-electron chi connectivity index (χ4n) is 3.03. The molecular weight excluding hydrogens is 426 g/mol. The average molecular weight is 454 g/mol. The Hall–Kier alpha value is -3.52. The van der Waals surface area contributed by atoms with Crippen LogP contribution in [0.2, 0.25) is 0 Å². The Balaban J connectivity index is 2.11. The maximum Gasteiger partial charge on any atom is 0.206 e. The van der Waals surface area contributed by atoms with Crippen LogP contribution in [0.4, 0.5) is 0 Å². The maximum absolute atomic E-state index is 5.58. The number of benzene rings is 2. The fraction of sp³-hybridized carbons (Fsp3) is 0.250. The third kappa shape index (κ3) is 5.03. The summed E-state index contributed by atoms with van der Waals surface area (Å²) in [5.74, 6) is 2.43. The van der Waals surface area contributed by atoms with Gasteiger partial charge in [-0.3, -0.25) is 4.99 Å². The van der Waals surface area contributed by atoms with Crippen molar-refractivity contribution in [3.8, 4) is 34.3 Å². The molecule has 0 amide bonds. The highest BCUT2D eigenvalue weighted by Crippen LogP contribution is 2.39. The molecule has 0 aliphatic rings. The highest BCUT2D eigenvalue weighted by Gasteiger charge is 2.15. The molecule has 168 valence electrons. The van der Waals surface area contributed by atoms with Crippen LogP contribution in [0.25, 0.3) is 11.3 Å². The Bertz CT molecular complexity index is 1180. The normalized spacial score (nSPS) is 11.6. The van der Waals surface area contributed by atoms with Gasteiger partial charge >= 0.3 is 0 Å². The second-order valence-corrected chi connectivity index (χ2v) is 7.72. The second kappa shape index (κ2) is 10.7. The van der Waals surface area contributed by atoms with E-state index in [1.54, 1.807) is 34.7 Å². The molecule has 2 aromatic carbocycles. The number of hydrogen-bond donors (Lipinski definition) is 0. The van der Waals surface area contributed by atoms with E-state index in [0.29, 0.717) is 23.8 Å². The van der Waals surface area contributed by atoms with Crippen LogP contribution in [0.5, 0.6) is 23.0 Å². The van der Waals surface area contributed by atoms with Crippen LogP contribution >= 0.6 is 11.3 Å². The first-order chi connectivity index (χ1) is 15.5. The topological polar surface area (TPSA) is 66.6 Å². The standard InChI is InChI=1S/C24H27N3O4S/c1-16(2)13-25-24-27(20(15-32-24)17-7-10-19(28-3)11-8-17)26-14-18-9-12-21(29-4)23(31-6)22(18)30-5/h7-12,14-15H,1,13H2,2-6H3. The van der Waals surface area contributed by atoms with E-state index in [-0.39, 0.29) is 0 Å². The van der Waals surface area contributed by atoms with E-state index in [9.17, 15) is 0 Å². The summed E-state index contributed by atoms with van der Waals surface area (Å²) in [5.41, 5.74) is 3.63. The molecule has 0 aliphatic heterocycles. The molecule has 0 spiro atoms. The van der Waals surface area contributed by atoms with Crippen molar-refractivity contribution in [1.82, 2.24) is 4.68 Å². The molecular formula is C24H27N3O4S. The second-order valence-electron chi connectivity index (χ2n) is 6.89. The number of ether oxygens (including phenoxy) is 4. The van der Waals surface area contributed by atoms with Gasteiger partial charge in [0.15, 0.2) is 11.5 Å². The molecule has 0 radical (unpaired) electrons. The molecule has 0 aliphatic carbocycles. The molecule has 3 aromatic rings. The number of aromatic nitrogens is 1. The Morgan fingerprint density at radius 2 is 1.69 bits per heavy atom. The molecule has 3 rings (SSSR count). The van der Waals surface area contributed by atoms with E-state index in [4.69, 9.17) is 24.0 Å². The Kier molecular flexibility index (Phi) is 7.72. The van der Waals surface area contributed by atoms with E-state index < -0.39 is 0 Å². The lowest BCUT2D eigenvalue weighted by molar-refractivity contribution is 0.324. The van der Waals surface area contributed by atoms with Crippen molar-refractivity contribution in [2.45, 2.75) is 6.92 Å². The average Bonchev–Trinajstić information content (AvgIpc) is 3.23. The summed E-state index contributed by atoms with van der Waals surface area (Å²) < 4.78 is 23.5. The van der Waals surface area contributed by atoms with Crippen LogP contribution in [0, 0.1) is 0 Å². The molecule has 0 N–H and O–H groups in total. The molecule has 0 fully saturated rings. The molecule has 0 atom stereocenters. The third-order valence-corrected chi connectivity index (χ3v) is 5.46. The molecule has 0 saturated heterocycles. The van der Waals surface area contributed by atoms with Gasteiger partial charge < -0.3 is 18.9 Å². The van der Waals surface area contributed by atoms with Gasteiger partial charge in [-0.1, -0.05) is 12.2 Å². The first-order valence-electron chi connectivity index (χ1n) is 9.85. The van der Waals surface area contributed by atoms with Gasteiger partial charge in [-0.05, 0) is 43.3 Å². The summed E-state index contributed by atoms with van der Waals surface area (Å²) in [5, 5.41) is 6.77. The summed E-state index contributed by atoms with van der Waals surface area (Å²) in [4.78, 5) is 5.43. The monoisotopic (exact) mass is 453 g/mol. The van der Waals surface area contributed by atoms with Gasteiger partial charge in [0.1, 0.15) is 5.75 Å². The minimum Gasteiger partial charge on any atom is -0.497 e. The van der Waals surface area contributed by atoms with Crippen molar-refractivity contribution in [2.24, 2.45) is 10.1 Å². The zero-order valence-electron chi connectivity index (χ0n) is 18.9. The van der Waals surface area contributed by atoms with E-state index in [1.165, 1.54) is 11.3 Å². The van der Waals surface area contributed by atoms with Crippen LogP contribution in [0.3, 0.4) is 0 Å². The number of thiazole rings is 1. The van der Waals surface area contributed by atoms with Crippen molar-refractivity contribution >= 4 is 17.6 Å². The maximum atomic E-state index is 5.58. The summed E-state index contributed by atoms with van der Waals surface area (Å²) >= 11 is 1.52. The van der Waals surface area contributed by atoms with Crippen LogP contribution in [-0.4, -0.2) is 45.9 Å². The number of rotatable bonds is 9. The summed E-state index contributed by atoms with van der Waals surface area (Å²) in [6.45, 7) is 6.42. The van der Waals surface area contributed by atoms with E-state index >= 15 is 0 Å². The molecule has 1 heterocycles. The fourth-order valence-corrected chi connectivity index (χ4v) is 3.87. The third-order valence-electron chi connectivity index (χ3n) is 4.60. The largest absolute Gasteiger partial charge is 0.497 e. The van der Waals surface area contributed by atoms with Crippen LogP contribution in [0.1, 0.15) is 12.5 Å². The number of methoxy groups -OCH3 is 4. The summed E-state index contributed by atoms with van der Waals surface area (Å²) in [7, 11) is 6.39. The summed E-state index contributed by atoms with van der Waals surface area (Å²) in [6.07, 6.45) is 1.72. The van der Waals surface area contributed by atoms with Crippen molar-refractivity contribution in [3.63, 3.8) is 0 Å². The van der Waals surface area contributed by atoms with Crippen LogP contribution in [0.15, 0.2) is 64.0 Å². The number of nitrogens with zero attached hydrogens (tertiary/aromatic N) is 3. The van der Waals surface area contributed by atoms with E-state index in [1.807, 2.05) is 53.4 Å². The van der Waals surface area contributed by atoms with Crippen molar-refractivity contribution in [2.75, 3.05) is 35.0 Å². The minimum atomic E-state index is 0.511. The van der Waals surface area contributed by atoms with Gasteiger partial charge in [0.25, 0.3) is 0 Å². The molecule has 1 aromatic heterocycles. The van der Waals surface area contributed by atoms with Gasteiger partial charge in [0.05, 0.1) is 46.9 Å². The lowest BCUT2D eigenvalue weighted by Gasteiger charge is -2.13. The highest BCUT2D eigenvalue weighted by atomic mass is 32.1. The Labute approximate surface area is 191 Å². The lowest BCUT2D eigenvalue weighted by atomic mass is 10.1. The molecule has 0 bridgehead atoms. The van der Waals surface area contributed by atoms with Gasteiger partial charge in [-0.2, -0.15) is 5.10 Å². The summed E-state index contributed by atoms with van der Waals surface area (Å²) in [6, 6.07) is 11.5. The zero-order valence-corrected chi connectivity index (χ0v) is 19.7.